The van der Waals surface area contributed by atoms with Gasteiger partial charge >= 0.3 is 5.97 Å². The van der Waals surface area contributed by atoms with Crippen molar-refractivity contribution in [1.29, 1.82) is 0 Å². The van der Waals surface area contributed by atoms with E-state index in [9.17, 15) is 23.1 Å². The molecular weight excluding hydrogens is 332 g/mol. The maximum absolute atomic E-state index is 12.1. The van der Waals surface area contributed by atoms with Crippen LogP contribution >= 0.6 is 0 Å². The van der Waals surface area contributed by atoms with Crippen LogP contribution in [0, 0.1) is 12.8 Å². The van der Waals surface area contributed by atoms with Crippen LogP contribution in [-0.4, -0.2) is 43.7 Å². The van der Waals surface area contributed by atoms with Crippen LogP contribution in [0.3, 0.4) is 0 Å². The SMILES string of the molecule is Cc1cccc(CC(CNC(=O)C(C)(C)NS(C)(=O)=O)C(=O)O)c1. The Morgan fingerprint density at radius 1 is 1.29 bits per heavy atom. The summed E-state index contributed by atoms with van der Waals surface area (Å²) in [6.07, 6.45) is 1.23. The van der Waals surface area contributed by atoms with Crippen molar-refractivity contribution >= 4 is 21.9 Å². The van der Waals surface area contributed by atoms with E-state index in [4.69, 9.17) is 0 Å². The quantitative estimate of drug-likeness (QED) is 0.634. The number of carbonyl (C=O) groups excluding carboxylic acids is 1. The molecule has 0 radical (unpaired) electrons. The molecule has 0 aliphatic carbocycles. The van der Waals surface area contributed by atoms with Crippen LogP contribution < -0.4 is 10.0 Å². The van der Waals surface area contributed by atoms with E-state index in [1.807, 2.05) is 31.2 Å². The van der Waals surface area contributed by atoms with Crippen LogP contribution in [0.5, 0.6) is 0 Å². The Bertz CT molecular complexity index is 713. The molecule has 0 bridgehead atoms. The minimum Gasteiger partial charge on any atom is -0.481 e. The molecule has 7 nitrogen and oxygen atoms in total. The third-order valence-corrected chi connectivity index (χ3v) is 4.31. The van der Waals surface area contributed by atoms with Crippen molar-refractivity contribution in [2.75, 3.05) is 12.8 Å². The summed E-state index contributed by atoms with van der Waals surface area (Å²) < 4.78 is 24.8. The van der Waals surface area contributed by atoms with Crippen LogP contribution in [0.1, 0.15) is 25.0 Å². The maximum Gasteiger partial charge on any atom is 0.308 e. The second-order valence-corrected chi connectivity index (χ2v) is 8.19. The number of sulfonamides is 1. The number of hydrogen-bond donors (Lipinski definition) is 3. The first-order valence-corrected chi connectivity index (χ1v) is 9.35. The van der Waals surface area contributed by atoms with E-state index < -0.39 is 33.4 Å². The molecule has 1 atom stereocenters. The van der Waals surface area contributed by atoms with E-state index in [2.05, 4.69) is 10.0 Å². The summed E-state index contributed by atoms with van der Waals surface area (Å²) in [5, 5.41) is 11.9. The average Bonchev–Trinajstić information content (AvgIpc) is 2.40. The van der Waals surface area contributed by atoms with Gasteiger partial charge in [0.2, 0.25) is 15.9 Å². The average molecular weight is 356 g/mol. The largest absolute Gasteiger partial charge is 0.481 e. The van der Waals surface area contributed by atoms with E-state index in [1.165, 1.54) is 13.8 Å². The normalized spacial score (nSPS) is 13.3. The Hall–Kier alpha value is -1.93. The van der Waals surface area contributed by atoms with Gasteiger partial charge in [-0.1, -0.05) is 29.8 Å². The highest BCUT2D eigenvalue weighted by molar-refractivity contribution is 7.88. The van der Waals surface area contributed by atoms with Gasteiger partial charge in [0.25, 0.3) is 0 Å². The second kappa shape index (κ2) is 7.76. The van der Waals surface area contributed by atoms with Crippen LogP contribution in [0.15, 0.2) is 24.3 Å². The fourth-order valence-corrected chi connectivity index (χ4v) is 3.34. The topological polar surface area (TPSA) is 113 Å². The van der Waals surface area contributed by atoms with Crippen molar-refractivity contribution in [3.8, 4) is 0 Å². The van der Waals surface area contributed by atoms with Gasteiger partial charge in [-0.2, -0.15) is 0 Å². The molecule has 1 amide bonds. The molecule has 1 unspecified atom stereocenters. The molecule has 8 heteroatoms. The van der Waals surface area contributed by atoms with Crippen LogP contribution in [0.2, 0.25) is 0 Å². The zero-order valence-electron chi connectivity index (χ0n) is 14.3. The maximum atomic E-state index is 12.1. The van der Waals surface area contributed by atoms with Crippen LogP contribution in [0.4, 0.5) is 0 Å². The molecule has 3 N–H and O–H groups in total. The molecule has 1 rings (SSSR count). The Morgan fingerprint density at radius 2 is 1.92 bits per heavy atom. The highest BCUT2D eigenvalue weighted by Crippen LogP contribution is 2.12. The summed E-state index contributed by atoms with van der Waals surface area (Å²) in [5.41, 5.74) is 0.532. The molecule has 0 aliphatic heterocycles. The number of nitrogens with one attached hydrogen (secondary N) is 2. The van der Waals surface area contributed by atoms with Crippen molar-refractivity contribution in [2.24, 2.45) is 5.92 Å². The summed E-state index contributed by atoms with van der Waals surface area (Å²) >= 11 is 0. The van der Waals surface area contributed by atoms with E-state index in [-0.39, 0.29) is 13.0 Å². The third-order valence-electron chi connectivity index (χ3n) is 3.43. The number of aryl methyl sites for hydroxylation is 1. The fourth-order valence-electron chi connectivity index (χ4n) is 2.32. The van der Waals surface area contributed by atoms with Gasteiger partial charge in [-0.15, -0.1) is 0 Å². The molecule has 0 saturated heterocycles. The first kappa shape index (κ1) is 20.1. The highest BCUT2D eigenvalue weighted by atomic mass is 32.2. The van der Waals surface area contributed by atoms with Gasteiger partial charge in [0, 0.05) is 6.54 Å². The van der Waals surface area contributed by atoms with Gasteiger partial charge in [0.15, 0.2) is 0 Å². The zero-order chi connectivity index (χ0) is 18.5. The first-order chi connectivity index (χ1) is 10.9. The zero-order valence-corrected chi connectivity index (χ0v) is 15.1. The van der Waals surface area contributed by atoms with E-state index in [1.54, 1.807) is 0 Å². The van der Waals surface area contributed by atoms with Gasteiger partial charge in [-0.25, -0.2) is 13.1 Å². The lowest BCUT2D eigenvalue weighted by Gasteiger charge is -2.25. The molecule has 0 heterocycles. The monoisotopic (exact) mass is 356 g/mol. The Kier molecular flexibility index (Phi) is 6.50. The van der Waals surface area contributed by atoms with Gasteiger partial charge in [0.05, 0.1) is 12.2 Å². The molecule has 24 heavy (non-hydrogen) atoms. The summed E-state index contributed by atoms with van der Waals surface area (Å²) in [7, 11) is -3.56. The van der Waals surface area contributed by atoms with E-state index >= 15 is 0 Å². The highest BCUT2D eigenvalue weighted by Gasteiger charge is 2.31. The summed E-state index contributed by atoms with van der Waals surface area (Å²) in [4.78, 5) is 23.6. The molecule has 0 fully saturated rings. The number of benzene rings is 1. The summed E-state index contributed by atoms with van der Waals surface area (Å²) in [6, 6.07) is 7.49. The number of aliphatic carboxylic acids is 1. The summed E-state index contributed by atoms with van der Waals surface area (Å²) in [5.74, 6) is -2.40. The van der Waals surface area contributed by atoms with Crippen LogP contribution in [-0.2, 0) is 26.0 Å². The molecule has 0 aromatic heterocycles. The Labute approximate surface area is 142 Å². The minimum atomic E-state index is -3.56. The molecule has 1 aromatic carbocycles. The van der Waals surface area contributed by atoms with E-state index in [0.717, 1.165) is 17.4 Å². The number of carbonyl (C=O) groups is 2. The van der Waals surface area contributed by atoms with Gasteiger partial charge in [-0.05, 0) is 32.8 Å². The predicted molar refractivity (Wildman–Crippen MR) is 91.1 cm³/mol. The number of rotatable bonds is 8. The van der Waals surface area contributed by atoms with Crippen molar-refractivity contribution in [3.63, 3.8) is 0 Å². The van der Waals surface area contributed by atoms with Crippen molar-refractivity contribution < 1.29 is 23.1 Å². The van der Waals surface area contributed by atoms with Gasteiger partial charge < -0.3 is 10.4 Å². The third kappa shape index (κ3) is 6.67. The number of carboxylic acid groups (broad SMARTS) is 1. The fraction of sp³-hybridized carbons (Fsp3) is 0.500. The van der Waals surface area contributed by atoms with Gasteiger partial charge in [0.1, 0.15) is 5.54 Å². The number of carboxylic acids is 1. The Morgan fingerprint density at radius 3 is 2.42 bits per heavy atom. The molecule has 1 aromatic rings. The van der Waals surface area contributed by atoms with Crippen LogP contribution in [0.25, 0.3) is 0 Å². The molecule has 0 aliphatic rings. The predicted octanol–water partition coefficient (Wildman–Crippen LogP) is 0.682. The standard InChI is InChI=1S/C16H24N2O5S/c1-11-6-5-7-12(8-11)9-13(14(19)20)10-17-15(21)16(2,3)18-24(4,22)23/h5-8,13,18H,9-10H2,1-4H3,(H,17,21)(H,19,20). The molecular formula is C16H24N2O5S. The van der Waals surface area contributed by atoms with Crippen molar-refractivity contribution in [3.05, 3.63) is 35.4 Å². The first-order valence-electron chi connectivity index (χ1n) is 7.46. The lowest BCUT2D eigenvalue weighted by atomic mass is 9.97. The van der Waals surface area contributed by atoms with Crippen molar-refractivity contribution in [2.45, 2.75) is 32.7 Å². The summed E-state index contributed by atoms with van der Waals surface area (Å²) in [6.45, 7) is 4.66. The molecule has 0 saturated carbocycles. The van der Waals surface area contributed by atoms with Gasteiger partial charge in [-0.3, -0.25) is 9.59 Å². The smallest absolute Gasteiger partial charge is 0.308 e. The molecule has 134 valence electrons. The Balaban J connectivity index is 2.73. The lowest BCUT2D eigenvalue weighted by Crippen LogP contribution is -2.55. The minimum absolute atomic E-state index is 0.0863. The van der Waals surface area contributed by atoms with Crippen molar-refractivity contribution in [1.82, 2.24) is 10.0 Å². The number of hydrogen-bond acceptors (Lipinski definition) is 4. The second-order valence-electron chi connectivity index (χ2n) is 6.44. The lowest BCUT2D eigenvalue weighted by molar-refractivity contribution is -0.141. The molecule has 0 spiro atoms. The van der Waals surface area contributed by atoms with E-state index in [0.29, 0.717) is 0 Å². The number of amides is 1.